The van der Waals surface area contributed by atoms with Crippen LogP contribution in [0.25, 0.3) is 0 Å². The van der Waals surface area contributed by atoms with Gasteiger partial charge in [0.2, 0.25) is 0 Å². The van der Waals surface area contributed by atoms with Crippen LogP contribution < -0.4 is 0 Å². The Morgan fingerprint density at radius 2 is 2.00 bits per heavy atom. The molecule has 3 atom stereocenters. The highest BCUT2D eigenvalue weighted by Gasteiger charge is 2.78. The van der Waals surface area contributed by atoms with Gasteiger partial charge in [-0.05, 0) is 5.56 Å². The number of ether oxygens (including phenoxy) is 1. The molecule has 1 N–H and O–H groups in total. The summed E-state index contributed by atoms with van der Waals surface area (Å²) in [5, 5.41) is 9.06. The number of carboxylic acids is 1. The fourth-order valence-corrected chi connectivity index (χ4v) is 2.88. The summed E-state index contributed by atoms with van der Waals surface area (Å²) in [5.74, 6) is -6.77. The predicted octanol–water partition coefficient (Wildman–Crippen LogP) is 1.97. The molecule has 0 bridgehead atoms. The molecule has 2 aliphatic rings. The Morgan fingerprint density at radius 3 is 2.62 bits per heavy atom. The van der Waals surface area contributed by atoms with E-state index in [0.717, 1.165) is 10.5 Å². The molecular formula is C14H13F2NO4. The first-order valence-electron chi connectivity index (χ1n) is 6.51. The van der Waals surface area contributed by atoms with Crippen molar-refractivity contribution in [3.8, 4) is 0 Å². The number of aliphatic carboxylic acids is 1. The van der Waals surface area contributed by atoms with Crippen molar-refractivity contribution in [2.75, 3.05) is 6.54 Å². The maximum atomic E-state index is 13.3. The summed E-state index contributed by atoms with van der Waals surface area (Å²) < 4.78 is 31.6. The SMILES string of the molecule is O=C(O)C1C2C(CN1C(=O)OCc1ccccc1)C2(F)F. The summed E-state index contributed by atoms with van der Waals surface area (Å²) in [6.45, 7) is -0.295. The highest BCUT2D eigenvalue weighted by Crippen LogP contribution is 2.62. The number of benzene rings is 1. The normalized spacial score (nSPS) is 28.9. The fourth-order valence-electron chi connectivity index (χ4n) is 2.88. The lowest BCUT2D eigenvalue weighted by atomic mass is 10.2. The third kappa shape index (κ3) is 2.22. The number of carbonyl (C=O) groups excluding carboxylic acids is 1. The highest BCUT2D eigenvalue weighted by molar-refractivity contribution is 5.82. The number of hydrogen-bond donors (Lipinski definition) is 1. The molecule has 1 aliphatic carbocycles. The summed E-state index contributed by atoms with van der Waals surface area (Å²) in [6, 6.07) is 7.34. The van der Waals surface area contributed by atoms with Crippen LogP contribution in [0.15, 0.2) is 30.3 Å². The van der Waals surface area contributed by atoms with Crippen molar-refractivity contribution in [3.63, 3.8) is 0 Å². The van der Waals surface area contributed by atoms with E-state index in [2.05, 4.69) is 0 Å². The molecule has 0 aromatic heterocycles. The summed E-state index contributed by atoms with van der Waals surface area (Å²) in [5.41, 5.74) is 0.743. The Morgan fingerprint density at radius 1 is 1.33 bits per heavy atom. The molecule has 1 amide bonds. The largest absolute Gasteiger partial charge is 0.480 e. The molecule has 0 radical (unpaired) electrons. The minimum absolute atomic E-state index is 0.0196. The maximum Gasteiger partial charge on any atom is 0.410 e. The van der Waals surface area contributed by atoms with E-state index in [1.54, 1.807) is 24.3 Å². The fraction of sp³-hybridized carbons (Fsp3) is 0.429. The first-order valence-corrected chi connectivity index (χ1v) is 6.51. The number of alkyl halides is 2. The topological polar surface area (TPSA) is 66.8 Å². The van der Waals surface area contributed by atoms with Crippen LogP contribution in [0.2, 0.25) is 0 Å². The van der Waals surface area contributed by atoms with Gasteiger partial charge in [0.15, 0.2) is 0 Å². The molecule has 1 saturated heterocycles. The molecule has 21 heavy (non-hydrogen) atoms. The van der Waals surface area contributed by atoms with Gasteiger partial charge < -0.3 is 9.84 Å². The number of amides is 1. The molecule has 3 unspecified atom stereocenters. The van der Waals surface area contributed by atoms with Crippen molar-refractivity contribution in [2.45, 2.75) is 18.6 Å². The van der Waals surface area contributed by atoms with Gasteiger partial charge in [-0.25, -0.2) is 18.4 Å². The van der Waals surface area contributed by atoms with Gasteiger partial charge in [-0.15, -0.1) is 0 Å². The lowest BCUT2D eigenvalue weighted by Crippen LogP contribution is -2.46. The Hall–Kier alpha value is -2.18. The van der Waals surface area contributed by atoms with Gasteiger partial charge in [0.25, 0.3) is 5.92 Å². The van der Waals surface area contributed by atoms with Crippen molar-refractivity contribution in [3.05, 3.63) is 35.9 Å². The van der Waals surface area contributed by atoms with Gasteiger partial charge >= 0.3 is 12.1 Å². The molecule has 1 saturated carbocycles. The van der Waals surface area contributed by atoms with Gasteiger partial charge in [0.1, 0.15) is 12.6 Å². The highest BCUT2D eigenvalue weighted by atomic mass is 19.3. The average molecular weight is 297 g/mol. The quantitative estimate of drug-likeness (QED) is 0.926. The number of halogens is 2. The summed E-state index contributed by atoms with van der Waals surface area (Å²) in [4.78, 5) is 23.9. The summed E-state index contributed by atoms with van der Waals surface area (Å²) >= 11 is 0. The van der Waals surface area contributed by atoms with Crippen LogP contribution in [0, 0.1) is 11.8 Å². The van der Waals surface area contributed by atoms with Crippen molar-refractivity contribution >= 4 is 12.1 Å². The molecule has 0 spiro atoms. The zero-order valence-electron chi connectivity index (χ0n) is 10.9. The number of piperidine rings is 1. The molecule has 3 rings (SSSR count). The Labute approximate surface area is 119 Å². The predicted molar refractivity (Wildman–Crippen MR) is 66.7 cm³/mol. The summed E-state index contributed by atoms with van der Waals surface area (Å²) in [7, 11) is 0. The van der Waals surface area contributed by atoms with Crippen LogP contribution >= 0.6 is 0 Å². The monoisotopic (exact) mass is 297 g/mol. The molecular weight excluding hydrogens is 284 g/mol. The second-order valence-corrected chi connectivity index (χ2v) is 5.28. The Bertz CT molecular complexity index is 578. The van der Waals surface area contributed by atoms with E-state index < -0.39 is 35.9 Å². The average Bonchev–Trinajstić information content (AvgIpc) is 2.85. The molecule has 112 valence electrons. The van der Waals surface area contributed by atoms with Crippen LogP contribution in [-0.2, 0) is 16.1 Å². The minimum atomic E-state index is -2.99. The first-order chi connectivity index (χ1) is 9.93. The van der Waals surface area contributed by atoms with Crippen molar-refractivity contribution < 1.29 is 28.2 Å². The van der Waals surface area contributed by atoms with E-state index in [1.807, 2.05) is 6.07 Å². The van der Waals surface area contributed by atoms with Gasteiger partial charge in [-0.3, -0.25) is 4.90 Å². The van der Waals surface area contributed by atoms with E-state index >= 15 is 0 Å². The van der Waals surface area contributed by atoms with Gasteiger partial charge in [-0.1, -0.05) is 30.3 Å². The zero-order chi connectivity index (χ0) is 15.2. The van der Waals surface area contributed by atoms with E-state index in [9.17, 15) is 18.4 Å². The van der Waals surface area contributed by atoms with Gasteiger partial charge in [0.05, 0.1) is 11.8 Å². The van der Waals surface area contributed by atoms with Crippen molar-refractivity contribution in [1.82, 2.24) is 4.90 Å². The number of carbonyl (C=O) groups is 2. The molecule has 1 aliphatic heterocycles. The van der Waals surface area contributed by atoms with E-state index in [4.69, 9.17) is 9.84 Å². The van der Waals surface area contributed by atoms with Crippen molar-refractivity contribution in [2.24, 2.45) is 11.8 Å². The van der Waals surface area contributed by atoms with E-state index in [-0.39, 0.29) is 13.2 Å². The van der Waals surface area contributed by atoms with Gasteiger partial charge in [-0.2, -0.15) is 0 Å². The van der Waals surface area contributed by atoms with Crippen LogP contribution in [0.3, 0.4) is 0 Å². The van der Waals surface area contributed by atoms with Crippen LogP contribution in [0.1, 0.15) is 5.56 Å². The van der Waals surface area contributed by atoms with Crippen LogP contribution in [0.5, 0.6) is 0 Å². The third-order valence-corrected chi connectivity index (χ3v) is 4.03. The standard InChI is InChI=1S/C14H13F2NO4/c15-14(16)9-6-17(11(10(9)14)12(18)19)13(20)21-7-8-4-2-1-3-5-8/h1-5,9-11H,6-7H2,(H,18,19). The maximum absolute atomic E-state index is 13.3. The second-order valence-electron chi connectivity index (χ2n) is 5.28. The van der Waals surface area contributed by atoms with Crippen molar-refractivity contribution in [1.29, 1.82) is 0 Å². The molecule has 1 aromatic rings. The molecule has 5 nitrogen and oxygen atoms in total. The smallest absolute Gasteiger partial charge is 0.410 e. The lowest BCUT2D eigenvalue weighted by molar-refractivity contribution is -0.144. The molecule has 2 fully saturated rings. The second kappa shape index (κ2) is 4.68. The van der Waals surface area contributed by atoms with Crippen LogP contribution in [0.4, 0.5) is 13.6 Å². The van der Waals surface area contributed by atoms with Crippen LogP contribution in [-0.4, -0.2) is 40.6 Å². The number of rotatable bonds is 3. The van der Waals surface area contributed by atoms with E-state index in [1.165, 1.54) is 0 Å². The number of likely N-dealkylation sites (tertiary alicyclic amines) is 1. The van der Waals surface area contributed by atoms with E-state index in [0.29, 0.717) is 0 Å². The molecule has 1 heterocycles. The van der Waals surface area contributed by atoms with Gasteiger partial charge in [0, 0.05) is 6.54 Å². The number of hydrogen-bond acceptors (Lipinski definition) is 3. The third-order valence-electron chi connectivity index (χ3n) is 4.03. The molecule has 1 aromatic carbocycles. The zero-order valence-corrected chi connectivity index (χ0v) is 10.9. The molecule has 7 heteroatoms. The summed E-state index contributed by atoms with van der Waals surface area (Å²) in [6.07, 6.45) is -0.866. The number of carboxylic acid groups (broad SMARTS) is 1. The number of fused-ring (bicyclic) bond motifs is 1. The lowest BCUT2D eigenvalue weighted by Gasteiger charge is -2.25. The Balaban J connectivity index is 1.64. The minimum Gasteiger partial charge on any atom is -0.480 e. The Kier molecular flexibility index (Phi) is 3.07. The number of nitrogens with zero attached hydrogens (tertiary/aromatic N) is 1. The first kappa shape index (κ1) is 13.8.